The van der Waals surface area contributed by atoms with Gasteiger partial charge in [-0.25, -0.2) is 4.79 Å². The average Bonchev–Trinajstić information content (AvgIpc) is 2.60. The van der Waals surface area contributed by atoms with Crippen LogP contribution in [-0.4, -0.2) is 44.5 Å². The normalized spacial score (nSPS) is 28.0. The monoisotopic (exact) mass is 332 g/mol. The van der Waals surface area contributed by atoms with Gasteiger partial charge in [0, 0.05) is 6.20 Å². The summed E-state index contributed by atoms with van der Waals surface area (Å²) in [6.07, 6.45) is -12.2. The summed E-state index contributed by atoms with van der Waals surface area (Å²) in [5.74, 6) is -4.15. The molecule has 3 atom stereocenters. The molecule has 0 bridgehead atoms. The summed E-state index contributed by atoms with van der Waals surface area (Å²) in [5, 5.41) is 18.1. The van der Waals surface area contributed by atoms with Gasteiger partial charge in [0.25, 0.3) is 5.56 Å². The van der Waals surface area contributed by atoms with Gasteiger partial charge >= 0.3 is 17.8 Å². The van der Waals surface area contributed by atoms with Crippen LogP contribution in [0, 0.1) is 0 Å². The molecule has 1 saturated heterocycles. The first-order valence-electron chi connectivity index (χ1n) is 5.75. The molecule has 0 spiro atoms. The third kappa shape index (κ3) is 2.53. The van der Waals surface area contributed by atoms with Crippen LogP contribution in [-0.2, 0) is 10.9 Å². The minimum atomic E-state index is -5.19. The summed E-state index contributed by atoms with van der Waals surface area (Å²) in [4.78, 5) is 23.8. The number of H-pyrrole nitrogens is 1. The second-order valence-electron chi connectivity index (χ2n) is 4.54. The Labute approximate surface area is 117 Å². The SMILES string of the molecule is O=c1[nH]c(=O)n(C2O[C@H](CO)[C@@H](O)C2(F)F)cc1C(F)(F)F. The molecule has 1 fully saturated rings. The van der Waals surface area contributed by atoms with Gasteiger partial charge in [0.2, 0.25) is 6.23 Å². The zero-order valence-electron chi connectivity index (χ0n) is 10.5. The number of aromatic amines is 1. The van der Waals surface area contributed by atoms with Crippen LogP contribution in [0.5, 0.6) is 0 Å². The maximum Gasteiger partial charge on any atom is 0.423 e. The van der Waals surface area contributed by atoms with Gasteiger partial charge in [-0.2, -0.15) is 22.0 Å². The highest BCUT2D eigenvalue weighted by molar-refractivity contribution is 5.10. The van der Waals surface area contributed by atoms with Crippen molar-refractivity contribution in [3.8, 4) is 0 Å². The molecule has 0 radical (unpaired) electrons. The van der Waals surface area contributed by atoms with Crippen molar-refractivity contribution >= 4 is 0 Å². The van der Waals surface area contributed by atoms with E-state index in [1.165, 1.54) is 4.98 Å². The van der Waals surface area contributed by atoms with Gasteiger partial charge < -0.3 is 14.9 Å². The second kappa shape index (κ2) is 5.14. The molecule has 0 aromatic carbocycles. The molecule has 1 unspecified atom stereocenters. The van der Waals surface area contributed by atoms with Crippen molar-refractivity contribution in [3.05, 3.63) is 32.6 Å². The van der Waals surface area contributed by atoms with Gasteiger partial charge in [0.15, 0.2) is 6.10 Å². The Hall–Kier alpha value is -1.79. The molecule has 1 aromatic heterocycles. The molecule has 0 aliphatic carbocycles. The third-order valence-corrected chi connectivity index (χ3v) is 3.09. The Morgan fingerprint density at radius 3 is 2.41 bits per heavy atom. The van der Waals surface area contributed by atoms with Crippen molar-refractivity contribution in [1.82, 2.24) is 9.55 Å². The number of aliphatic hydroxyl groups excluding tert-OH is 2. The summed E-state index contributed by atoms with van der Waals surface area (Å²) in [7, 11) is 0. The average molecular weight is 332 g/mol. The number of nitrogens with one attached hydrogen (secondary N) is 1. The van der Waals surface area contributed by atoms with E-state index in [1.54, 1.807) is 0 Å². The van der Waals surface area contributed by atoms with E-state index in [-0.39, 0.29) is 10.8 Å². The molecule has 0 amide bonds. The number of hydrogen-bond donors (Lipinski definition) is 3. The summed E-state index contributed by atoms with van der Waals surface area (Å²) < 4.78 is 69.8. The lowest BCUT2D eigenvalue weighted by Gasteiger charge is -2.21. The molecule has 3 N–H and O–H groups in total. The number of aliphatic hydroxyl groups is 2. The minimum absolute atomic E-state index is 0.119. The number of rotatable bonds is 2. The van der Waals surface area contributed by atoms with Gasteiger partial charge in [-0.05, 0) is 0 Å². The highest BCUT2D eigenvalue weighted by Crippen LogP contribution is 2.42. The van der Waals surface area contributed by atoms with E-state index in [2.05, 4.69) is 4.74 Å². The van der Waals surface area contributed by atoms with Gasteiger partial charge in [0.1, 0.15) is 11.7 Å². The van der Waals surface area contributed by atoms with Crippen molar-refractivity contribution in [2.45, 2.75) is 30.5 Å². The fraction of sp³-hybridized carbons (Fsp3) is 0.600. The Morgan fingerprint density at radius 1 is 1.36 bits per heavy atom. The lowest BCUT2D eigenvalue weighted by molar-refractivity contribution is -0.148. The Kier molecular flexibility index (Phi) is 3.87. The predicted molar refractivity (Wildman–Crippen MR) is 58.3 cm³/mol. The Balaban J connectivity index is 2.59. The molecular weight excluding hydrogens is 323 g/mol. The van der Waals surface area contributed by atoms with Gasteiger partial charge in [0.05, 0.1) is 6.61 Å². The van der Waals surface area contributed by atoms with Crippen LogP contribution in [0.2, 0.25) is 0 Å². The van der Waals surface area contributed by atoms with E-state index < -0.39 is 54.0 Å². The number of alkyl halides is 5. The molecule has 0 saturated carbocycles. The topological polar surface area (TPSA) is 105 Å². The van der Waals surface area contributed by atoms with Gasteiger partial charge in [-0.3, -0.25) is 14.3 Å². The Bertz CT molecular complexity index is 682. The fourth-order valence-corrected chi connectivity index (χ4v) is 1.98. The Morgan fingerprint density at radius 2 is 1.95 bits per heavy atom. The van der Waals surface area contributed by atoms with Gasteiger partial charge in [-0.15, -0.1) is 0 Å². The van der Waals surface area contributed by atoms with Crippen LogP contribution in [0.1, 0.15) is 11.8 Å². The van der Waals surface area contributed by atoms with Gasteiger partial charge in [-0.1, -0.05) is 0 Å². The summed E-state index contributed by atoms with van der Waals surface area (Å²) >= 11 is 0. The molecular formula is C10H9F5N2O5. The zero-order chi connectivity index (χ0) is 16.9. The number of halogens is 5. The lowest BCUT2D eigenvalue weighted by atomic mass is 10.1. The molecule has 22 heavy (non-hydrogen) atoms. The third-order valence-electron chi connectivity index (χ3n) is 3.09. The first-order valence-corrected chi connectivity index (χ1v) is 5.75. The molecule has 1 aliphatic rings. The summed E-state index contributed by atoms with van der Waals surface area (Å²) in [6, 6.07) is 0. The van der Waals surface area contributed by atoms with Crippen molar-refractivity contribution in [2.24, 2.45) is 0 Å². The number of hydrogen-bond acceptors (Lipinski definition) is 5. The second-order valence-corrected chi connectivity index (χ2v) is 4.54. The molecule has 1 aliphatic heterocycles. The van der Waals surface area contributed by atoms with Crippen molar-refractivity contribution < 1.29 is 36.9 Å². The largest absolute Gasteiger partial charge is 0.423 e. The van der Waals surface area contributed by atoms with Crippen molar-refractivity contribution in [2.75, 3.05) is 6.61 Å². The molecule has 2 heterocycles. The van der Waals surface area contributed by atoms with Crippen LogP contribution >= 0.6 is 0 Å². The molecule has 7 nitrogen and oxygen atoms in total. The first-order chi connectivity index (χ1) is 10.00. The maximum atomic E-state index is 13.8. The van der Waals surface area contributed by atoms with E-state index in [0.717, 1.165) is 0 Å². The van der Waals surface area contributed by atoms with Crippen molar-refractivity contribution in [1.29, 1.82) is 0 Å². The van der Waals surface area contributed by atoms with E-state index in [9.17, 15) is 36.6 Å². The molecule has 12 heteroatoms. The van der Waals surface area contributed by atoms with Crippen LogP contribution in [0.25, 0.3) is 0 Å². The fourth-order valence-electron chi connectivity index (χ4n) is 1.98. The van der Waals surface area contributed by atoms with Crippen LogP contribution in [0.4, 0.5) is 22.0 Å². The molecule has 1 aromatic rings. The lowest BCUT2D eigenvalue weighted by Crippen LogP contribution is -2.44. The summed E-state index contributed by atoms with van der Waals surface area (Å²) in [6.45, 7) is -1.04. The van der Waals surface area contributed by atoms with E-state index in [0.29, 0.717) is 0 Å². The number of ether oxygens (including phenoxy) is 1. The maximum absolute atomic E-state index is 13.8. The number of aromatic nitrogens is 2. The quantitative estimate of drug-likeness (QED) is 0.630. The zero-order valence-corrected chi connectivity index (χ0v) is 10.5. The molecule has 124 valence electrons. The van der Waals surface area contributed by atoms with E-state index in [1.807, 2.05) is 0 Å². The van der Waals surface area contributed by atoms with Crippen LogP contribution in [0.3, 0.4) is 0 Å². The van der Waals surface area contributed by atoms with E-state index >= 15 is 0 Å². The minimum Gasteiger partial charge on any atom is -0.394 e. The van der Waals surface area contributed by atoms with Crippen LogP contribution < -0.4 is 11.2 Å². The van der Waals surface area contributed by atoms with E-state index in [4.69, 9.17) is 5.11 Å². The standard InChI is InChI=1S/C10H9F5N2O5/c11-9(12)5(19)4(2-18)22-7(9)17-1-3(10(13,14)15)6(20)16-8(17)21/h1,4-5,7,18-19H,2H2,(H,16,20,21)/t4-,5-,7?/m1/s1. The smallest absolute Gasteiger partial charge is 0.394 e. The predicted octanol–water partition coefficient (Wildman–Crippen LogP) is -0.559. The highest BCUT2D eigenvalue weighted by Gasteiger charge is 2.59. The highest BCUT2D eigenvalue weighted by atomic mass is 19.4. The summed E-state index contributed by atoms with van der Waals surface area (Å²) in [5.41, 5.74) is -5.25. The number of nitrogens with zero attached hydrogens (tertiary/aromatic N) is 1. The first kappa shape index (κ1) is 16.6. The van der Waals surface area contributed by atoms with Crippen LogP contribution in [0.15, 0.2) is 15.8 Å². The van der Waals surface area contributed by atoms with Crippen molar-refractivity contribution in [3.63, 3.8) is 0 Å². The molecule has 2 rings (SSSR count).